The highest BCUT2D eigenvalue weighted by Gasteiger charge is 2.31. The maximum Gasteiger partial charge on any atom is 0.256 e. The molecule has 0 bridgehead atoms. The first kappa shape index (κ1) is 24.7. The number of pyridine rings is 1. The molecule has 3 atom stereocenters. The van der Waals surface area contributed by atoms with E-state index in [1.807, 2.05) is 53.6 Å². The number of carbonyl (C=O) groups excluding carboxylic acids is 2. The monoisotopic (exact) mass is 499 g/mol. The Hall–Kier alpha value is -4.01. The van der Waals surface area contributed by atoms with Crippen molar-refractivity contribution in [3.05, 3.63) is 72.1 Å². The van der Waals surface area contributed by atoms with Gasteiger partial charge < -0.3 is 16.0 Å². The average Bonchev–Trinajstić information content (AvgIpc) is 3.34. The molecule has 0 aromatic carbocycles. The van der Waals surface area contributed by atoms with Gasteiger partial charge in [-0.25, -0.2) is 15.0 Å². The number of hydrogen-bond acceptors (Lipinski definition) is 6. The Bertz CT molecular complexity index is 1360. The quantitative estimate of drug-likeness (QED) is 0.528. The molecule has 2 amide bonds. The normalized spacial score (nSPS) is 20.5. The van der Waals surface area contributed by atoms with Gasteiger partial charge in [0.05, 0.1) is 5.69 Å². The molecule has 3 aromatic heterocycles. The Balaban J connectivity index is 1.39. The van der Waals surface area contributed by atoms with Crippen LogP contribution in [0, 0.1) is 5.92 Å². The zero-order valence-electron chi connectivity index (χ0n) is 21.3. The molecule has 1 aliphatic heterocycles. The number of rotatable bonds is 6. The number of anilines is 2. The van der Waals surface area contributed by atoms with Crippen molar-refractivity contribution >= 4 is 29.0 Å². The number of nitrogens with zero attached hydrogens (tertiary/aromatic N) is 5. The number of allylic oxidation sites excluding steroid dienone is 2. The van der Waals surface area contributed by atoms with Gasteiger partial charge in [-0.3, -0.25) is 14.0 Å². The van der Waals surface area contributed by atoms with Crippen LogP contribution in [0.1, 0.15) is 62.9 Å². The minimum atomic E-state index is -0.196. The molecule has 9 nitrogen and oxygen atoms in total. The van der Waals surface area contributed by atoms with Gasteiger partial charge in [0.15, 0.2) is 0 Å². The molecule has 1 fully saturated rings. The van der Waals surface area contributed by atoms with E-state index in [2.05, 4.69) is 15.3 Å². The number of fused-ring (bicyclic) bond motifs is 1. The fourth-order valence-electron chi connectivity index (χ4n) is 5.15. The second-order valence-corrected chi connectivity index (χ2v) is 9.85. The largest absolute Gasteiger partial charge is 0.382 e. The Morgan fingerprint density at radius 2 is 2.11 bits per heavy atom. The molecule has 1 saturated heterocycles. The summed E-state index contributed by atoms with van der Waals surface area (Å²) in [5.74, 6) is 1.98. The van der Waals surface area contributed by atoms with Crippen molar-refractivity contribution in [1.29, 1.82) is 0 Å². The number of nitrogens with two attached hydrogens (primary N) is 1. The van der Waals surface area contributed by atoms with Crippen LogP contribution >= 0.6 is 0 Å². The first-order valence-electron chi connectivity index (χ1n) is 13.0. The third-order valence-corrected chi connectivity index (χ3v) is 7.39. The molecule has 9 heteroatoms. The van der Waals surface area contributed by atoms with E-state index in [4.69, 9.17) is 10.7 Å². The SMILES string of the molecule is CC[C@H](C)C(=O)N1CCCC(c2nc(C3C=CC(C(=O)Nc4ccccn4)=CC3)c3c(N)nccn23)C1. The van der Waals surface area contributed by atoms with Crippen LogP contribution in [0.4, 0.5) is 11.6 Å². The summed E-state index contributed by atoms with van der Waals surface area (Å²) in [4.78, 5) is 41.2. The molecule has 37 heavy (non-hydrogen) atoms. The summed E-state index contributed by atoms with van der Waals surface area (Å²) in [6.07, 6.45) is 14.4. The van der Waals surface area contributed by atoms with Gasteiger partial charge in [-0.2, -0.15) is 0 Å². The molecule has 0 spiro atoms. The van der Waals surface area contributed by atoms with Crippen LogP contribution in [0.5, 0.6) is 0 Å². The Morgan fingerprint density at radius 3 is 2.84 bits per heavy atom. The van der Waals surface area contributed by atoms with Gasteiger partial charge in [0.2, 0.25) is 5.91 Å². The van der Waals surface area contributed by atoms with Crippen molar-refractivity contribution in [2.24, 2.45) is 5.92 Å². The van der Waals surface area contributed by atoms with Crippen molar-refractivity contribution in [3.63, 3.8) is 0 Å². The van der Waals surface area contributed by atoms with E-state index in [1.165, 1.54) is 0 Å². The molecule has 3 aromatic rings. The molecular formula is C28H33N7O2. The summed E-state index contributed by atoms with van der Waals surface area (Å²) in [5.41, 5.74) is 8.59. The molecule has 5 rings (SSSR count). The van der Waals surface area contributed by atoms with Crippen LogP contribution in [0.2, 0.25) is 0 Å². The summed E-state index contributed by atoms with van der Waals surface area (Å²) in [7, 11) is 0. The number of aromatic nitrogens is 4. The highest BCUT2D eigenvalue weighted by Crippen LogP contribution is 2.35. The van der Waals surface area contributed by atoms with Crippen molar-refractivity contribution in [1.82, 2.24) is 24.3 Å². The molecule has 0 radical (unpaired) electrons. The molecule has 2 unspecified atom stereocenters. The van der Waals surface area contributed by atoms with E-state index >= 15 is 0 Å². The number of nitrogen functional groups attached to an aromatic ring is 1. The molecule has 1 aliphatic carbocycles. The summed E-state index contributed by atoms with van der Waals surface area (Å²) >= 11 is 0. The van der Waals surface area contributed by atoms with E-state index in [1.54, 1.807) is 24.5 Å². The third kappa shape index (κ3) is 4.98. The molecule has 2 aliphatic rings. The molecule has 0 saturated carbocycles. The number of nitrogens with one attached hydrogen (secondary N) is 1. The van der Waals surface area contributed by atoms with Gasteiger partial charge in [-0.1, -0.05) is 38.1 Å². The maximum absolute atomic E-state index is 12.9. The second-order valence-electron chi connectivity index (χ2n) is 9.85. The van der Waals surface area contributed by atoms with Crippen LogP contribution < -0.4 is 11.1 Å². The zero-order chi connectivity index (χ0) is 25.9. The van der Waals surface area contributed by atoms with Crippen molar-refractivity contribution in [3.8, 4) is 0 Å². The fraction of sp³-hybridized carbons (Fsp3) is 0.393. The maximum atomic E-state index is 12.9. The Labute approximate surface area is 216 Å². The lowest BCUT2D eigenvalue weighted by Gasteiger charge is -2.33. The van der Waals surface area contributed by atoms with Gasteiger partial charge in [-0.05, 0) is 37.8 Å². The number of piperidine rings is 1. The molecule has 4 heterocycles. The van der Waals surface area contributed by atoms with Crippen molar-refractivity contribution < 1.29 is 9.59 Å². The fourth-order valence-corrected chi connectivity index (χ4v) is 5.15. The summed E-state index contributed by atoms with van der Waals surface area (Å²) < 4.78 is 2.04. The van der Waals surface area contributed by atoms with Crippen molar-refractivity contribution in [2.45, 2.75) is 51.4 Å². The smallest absolute Gasteiger partial charge is 0.256 e. The van der Waals surface area contributed by atoms with E-state index in [9.17, 15) is 9.59 Å². The number of imidazole rings is 1. The number of hydrogen-bond donors (Lipinski definition) is 2. The van der Waals surface area contributed by atoms with Crippen LogP contribution in [-0.2, 0) is 9.59 Å². The van der Waals surface area contributed by atoms with E-state index < -0.39 is 0 Å². The van der Waals surface area contributed by atoms with Crippen LogP contribution in [0.3, 0.4) is 0 Å². The topological polar surface area (TPSA) is 119 Å². The van der Waals surface area contributed by atoms with Gasteiger partial charge in [0.25, 0.3) is 5.91 Å². The van der Waals surface area contributed by atoms with E-state index in [0.29, 0.717) is 30.2 Å². The Morgan fingerprint density at radius 1 is 1.24 bits per heavy atom. The molecule has 3 N–H and O–H groups in total. The van der Waals surface area contributed by atoms with Gasteiger partial charge in [0.1, 0.15) is 23.0 Å². The lowest BCUT2D eigenvalue weighted by atomic mass is 9.93. The van der Waals surface area contributed by atoms with Crippen LogP contribution in [0.15, 0.2) is 60.6 Å². The van der Waals surface area contributed by atoms with Gasteiger partial charge >= 0.3 is 0 Å². The minimum absolute atomic E-state index is 0.0226. The predicted molar refractivity (Wildman–Crippen MR) is 143 cm³/mol. The first-order valence-corrected chi connectivity index (χ1v) is 13.0. The van der Waals surface area contributed by atoms with E-state index in [0.717, 1.165) is 42.8 Å². The van der Waals surface area contributed by atoms with E-state index in [-0.39, 0.29) is 29.6 Å². The average molecular weight is 500 g/mol. The molecular weight excluding hydrogens is 466 g/mol. The summed E-state index contributed by atoms with van der Waals surface area (Å²) in [6, 6.07) is 5.39. The summed E-state index contributed by atoms with van der Waals surface area (Å²) in [6.45, 7) is 5.49. The minimum Gasteiger partial charge on any atom is -0.382 e. The highest BCUT2D eigenvalue weighted by atomic mass is 16.2. The zero-order valence-corrected chi connectivity index (χ0v) is 21.3. The standard InChI is InChI=1S/C28H33N7O2/c1-3-18(2)28(37)34-15-6-7-21(17-34)26-33-23(24-25(29)31-14-16-35(24)26)19-9-11-20(12-10-19)27(36)32-22-8-4-5-13-30-22/h4-5,8-9,11-14,16,18-19,21H,3,6-7,10,15,17H2,1-2H3,(H2,29,31)(H,30,32,36)/t18-,19?,21?/m0/s1. The lowest BCUT2D eigenvalue weighted by Crippen LogP contribution is -2.42. The number of likely N-dealkylation sites (tertiary alicyclic amines) is 1. The van der Waals surface area contributed by atoms with Crippen molar-refractivity contribution in [2.75, 3.05) is 24.1 Å². The summed E-state index contributed by atoms with van der Waals surface area (Å²) in [5, 5.41) is 2.83. The second kappa shape index (κ2) is 10.5. The Kier molecular flexibility index (Phi) is 7.03. The number of amides is 2. The van der Waals surface area contributed by atoms with Gasteiger partial charge in [0, 0.05) is 55.0 Å². The number of carbonyl (C=O) groups is 2. The first-order chi connectivity index (χ1) is 18.0. The third-order valence-electron chi connectivity index (χ3n) is 7.39. The lowest BCUT2D eigenvalue weighted by molar-refractivity contribution is -0.136. The predicted octanol–water partition coefficient (Wildman–Crippen LogP) is 4.07. The van der Waals surface area contributed by atoms with Crippen LogP contribution in [-0.4, -0.2) is 49.2 Å². The molecule has 192 valence electrons. The van der Waals surface area contributed by atoms with Crippen LogP contribution in [0.25, 0.3) is 5.52 Å². The van der Waals surface area contributed by atoms with Gasteiger partial charge in [-0.15, -0.1) is 0 Å². The highest BCUT2D eigenvalue weighted by molar-refractivity contribution is 6.05.